The second-order valence-corrected chi connectivity index (χ2v) is 3.22. The summed E-state index contributed by atoms with van der Waals surface area (Å²) in [7, 11) is 0. The van der Waals surface area contributed by atoms with Gasteiger partial charge < -0.3 is 15.2 Å². The Bertz CT molecular complexity index is 392. The van der Waals surface area contributed by atoms with Gasteiger partial charge >= 0.3 is 5.97 Å². The number of carbonyl (C=O) groups is 1. The molecular formula is C12H13NO3. The minimum atomic E-state index is -0.896. The lowest BCUT2D eigenvalue weighted by Crippen LogP contribution is -2.25. The van der Waals surface area contributed by atoms with E-state index in [2.05, 4.69) is 11.2 Å². The quantitative estimate of drug-likeness (QED) is 0.738. The van der Waals surface area contributed by atoms with Crippen molar-refractivity contribution in [3.05, 3.63) is 24.3 Å². The van der Waals surface area contributed by atoms with Crippen LogP contribution in [0.25, 0.3) is 0 Å². The maximum atomic E-state index is 10.6. The lowest BCUT2D eigenvalue weighted by atomic mass is 10.2. The molecule has 0 aliphatic carbocycles. The van der Waals surface area contributed by atoms with Crippen molar-refractivity contribution in [2.75, 3.05) is 11.9 Å². The number of carboxylic acids is 1. The normalized spacial score (nSPS) is 11.2. The fraction of sp³-hybridized carbons (Fsp3) is 0.250. The van der Waals surface area contributed by atoms with Crippen molar-refractivity contribution >= 4 is 11.7 Å². The molecule has 1 aromatic rings. The Kier molecular flexibility index (Phi) is 4.22. The van der Waals surface area contributed by atoms with Crippen molar-refractivity contribution < 1.29 is 14.6 Å². The van der Waals surface area contributed by atoms with Gasteiger partial charge in [-0.15, -0.1) is 6.42 Å². The molecule has 4 heteroatoms. The lowest BCUT2D eigenvalue weighted by molar-refractivity contribution is -0.137. The number of anilines is 1. The Morgan fingerprint density at radius 2 is 2.19 bits per heavy atom. The van der Waals surface area contributed by atoms with E-state index < -0.39 is 12.0 Å². The van der Waals surface area contributed by atoms with Crippen LogP contribution in [-0.2, 0) is 4.79 Å². The Balaban J connectivity index is 2.58. The molecule has 0 radical (unpaired) electrons. The van der Waals surface area contributed by atoms with Crippen LogP contribution in [0.5, 0.6) is 5.75 Å². The van der Waals surface area contributed by atoms with E-state index >= 15 is 0 Å². The van der Waals surface area contributed by atoms with E-state index in [0.29, 0.717) is 5.75 Å². The molecule has 0 aromatic heterocycles. The minimum Gasteiger partial charge on any atom is -0.481 e. The number of hydrogen-bond donors (Lipinski definition) is 2. The Labute approximate surface area is 94.2 Å². The molecule has 1 atom stereocenters. The van der Waals surface area contributed by atoms with E-state index in [4.69, 9.17) is 16.3 Å². The third-order valence-electron chi connectivity index (χ3n) is 1.93. The number of ether oxygens (including phenoxy) is 1. The van der Waals surface area contributed by atoms with E-state index in [0.717, 1.165) is 5.69 Å². The molecule has 2 N–H and O–H groups in total. The van der Waals surface area contributed by atoms with E-state index in [1.807, 2.05) is 0 Å². The summed E-state index contributed by atoms with van der Waals surface area (Å²) in [5, 5.41) is 11.5. The molecule has 1 unspecified atom stereocenters. The van der Waals surface area contributed by atoms with Gasteiger partial charge in [0.2, 0.25) is 0 Å². The maximum Gasteiger partial charge on any atom is 0.325 e. The number of rotatable bonds is 5. The minimum absolute atomic E-state index is 0.221. The van der Waals surface area contributed by atoms with E-state index in [9.17, 15) is 4.79 Å². The summed E-state index contributed by atoms with van der Waals surface area (Å²) in [6, 6.07) is 6.32. The molecule has 16 heavy (non-hydrogen) atoms. The average molecular weight is 219 g/mol. The van der Waals surface area contributed by atoms with Gasteiger partial charge in [-0.3, -0.25) is 4.79 Å². The highest BCUT2D eigenvalue weighted by atomic mass is 16.5. The molecule has 4 nitrogen and oxygen atoms in total. The zero-order valence-electron chi connectivity index (χ0n) is 8.93. The van der Waals surface area contributed by atoms with Crippen LogP contribution in [0, 0.1) is 12.3 Å². The number of terminal acetylenes is 1. The standard InChI is InChI=1S/C12H13NO3/c1-3-8-16-11-6-4-10(5-7-11)13-9(2)12(14)15/h1,4-7,9,13H,8H2,2H3,(H,14,15). The first-order valence-electron chi connectivity index (χ1n) is 4.79. The third-order valence-corrected chi connectivity index (χ3v) is 1.93. The lowest BCUT2D eigenvalue weighted by Gasteiger charge is -2.11. The van der Waals surface area contributed by atoms with Gasteiger partial charge in [-0.1, -0.05) is 5.92 Å². The average Bonchev–Trinajstić information content (AvgIpc) is 2.28. The summed E-state index contributed by atoms with van der Waals surface area (Å²) in [5.41, 5.74) is 0.725. The van der Waals surface area contributed by atoms with E-state index in [1.54, 1.807) is 31.2 Å². The van der Waals surface area contributed by atoms with E-state index in [-0.39, 0.29) is 6.61 Å². The largest absolute Gasteiger partial charge is 0.481 e. The van der Waals surface area contributed by atoms with Gasteiger partial charge in [-0.25, -0.2) is 0 Å². The SMILES string of the molecule is C#CCOc1ccc(NC(C)C(=O)O)cc1. The third kappa shape index (κ3) is 3.54. The van der Waals surface area contributed by atoms with E-state index in [1.165, 1.54) is 0 Å². The van der Waals surface area contributed by atoms with Crippen molar-refractivity contribution in [2.45, 2.75) is 13.0 Å². The van der Waals surface area contributed by atoms with Crippen LogP contribution in [0.1, 0.15) is 6.92 Å². The number of aliphatic carboxylic acids is 1. The zero-order chi connectivity index (χ0) is 12.0. The molecule has 84 valence electrons. The summed E-state index contributed by atoms with van der Waals surface area (Å²) in [5.74, 6) is 2.13. The molecule has 0 saturated heterocycles. The van der Waals surface area contributed by atoms with Gasteiger partial charge in [0, 0.05) is 5.69 Å². The molecule has 0 amide bonds. The van der Waals surface area contributed by atoms with Crippen molar-refractivity contribution in [3.8, 4) is 18.1 Å². The summed E-state index contributed by atoms with van der Waals surface area (Å²) in [6.07, 6.45) is 5.05. The first kappa shape index (κ1) is 11.9. The van der Waals surface area contributed by atoms with Crippen LogP contribution < -0.4 is 10.1 Å². The number of nitrogens with one attached hydrogen (secondary N) is 1. The molecule has 0 spiro atoms. The molecule has 0 heterocycles. The van der Waals surface area contributed by atoms with Gasteiger partial charge in [0.05, 0.1) is 0 Å². The second-order valence-electron chi connectivity index (χ2n) is 3.22. The summed E-state index contributed by atoms with van der Waals surface area (Å²) < 4.78 is 5.18. The maximum absolute atomic E-state index is 10.6. The van der Waals surface area contributed by atoms with Crippen LogP contribution in [0.15, 0.2) is 24.3 Å². The number of carboxylic acid groups (broad SMARTS) is 1. The monoisotopic (exact) mass is 219 g/mol. The molecule has 1 aromatic carbocycles. The van der Waals surface area contributed by atoms with Crippen LogP contribution in [0.3, 0.4) is 0 Å². The fourth-order valence-electron chi connectivity index (χ4n) is 1.08. The van der Waals surface area contributed by atoms with Crippen LogP contribution in [-0.4, -0.2) is 23.7 Å². The highest BCUT2D eigenvalue weighted by molar-refractivity contribution is 5.76. The van der Waals surface area contributed by atoms with Crippen molar-refractivity contribution in [3.63, 3.8) is 0 Å². The second kappa shape index (κ2) is 5.66. The first-order chi connectivity index (χ1) is 7.63. The molecule has 0 aliphatic heterocycles. The Morgan fingerprint density at radius 3 is 2.69 bits per heavy atom. The highest BCUT2D eigenvalue weighted by Gasteiger charge is 2.09. The predicted molar refractivity (Wildman–Crippen MR) is 61.5 cm³/mol. The van der Waals surface area contributed by atoms with Gasteiger partial charge in [-0.05, 0) is 31.2 Å². The predicted octanol–water partition coefficient (Wildman–Crippen LogP) is 1.58. The highest BCUT2D eigenvalue weighted by Crippen LogP contribution is 2.16. The smallest absolute Gasteiger partial charge is 0.325 e. The number of benzene rings is 1. The zero-order valence-corrected chi connectivity index (χ0v) is 8.93. The van der Waals surface area contributed by atoms with Crippen LogP contribution in [0.2, 0.25) is 0 Å². The molecule has 0 bridgehead atoms. The van der Waals surface area contributed by atoms with Crippen molar-refractivity contribution in [1.82, 2.24) is 0 Å². The summed E-state index contributed by atoms with van der Waals surface area (Å²) in [6.45, 7) is 1.80. The molecule has 0 saturated carbocycles. The van der Waals surface area contributed by atoms with Crippen LogP contribution in [0.4, 0.5) is 5.69 Å². The van der Waals surface area contributed by atoms with Crippen LogP contribution >= 0.6 is 0 Å². The van der Waals surface area contributed by atoms with Crippen molar-refractivity contribution in [2.24, 2.45) is 0 Å². The first-order valence-corrected chi connectivity index (χ1v) is 4.79. The molecule has 1 rings (SSSR count). The Hall–Kier alpha value is -2.15. The summed E-state index contributed by atoms with van der Waals surface area (Å²) >= 11 is 0. The van der Waals surface area contributed by atoms with Gasteiger partial charge in [-0.2, -0.15) is 0 Å². The van der Waals surface area contributed by atoms with Gasteiger partial charge in [0.15, 0.2) is 0 Å². The number of hydrogen-bond acceptors (Lipinski definition) is 3. The van der Waals surface area contributed by atoms with Crippen molar-refractivity contribution in [1.29, 1.82) is 0 Å². The summed E-state index contributed by atoms with van der Waals surface area (Å²) in [4.78, 5) is 10.6. The molecule has 0 aliphatic rings. The topological polar surface area (TPSA) is 58.6 Å². The van der Waals surface area contributed by atoms with Gasteiger partial charge in [0.1, 0.15) is 18.4 Å². The van der Waals surface area contributed by atoms with Gasteiger partial charge in [0.25, 0.3) is 0 Å². The Morgan fingerprint density at radius 1 is 1.56 bits per heavy atom. The fourth-order valence-corrected chi connectivity index (χ4v) is 1.08. The molecular weight excluding hydrogens is 206 g/mol. The molecule has 0 fully saturated rings.